The van der Waals surface area contributed by atoms with Crippen LogP contribution in [0, 0.1) is 0 Å². The van der Waals surface area contributed by atoms with Crippen molar-refractivity contribution in [3.8, 4) is 5.75 Å². The van der Waals surface area contributed by atoms with Crippen molar-refractivity contribution in [3.63, 3.8) is 0 Å². The summed E-state index contributed by atoms with van der Waals surface area (Å²) in [4.78, 5) is 6.77. The van der Waals surface area contributed by atoms with Crippen LogP contribution in [0.15, 0.2) is 29.3 Å². The fraction of sp³-hybridized carbons (Fsp3) is 0.667. The molecule has 1 saturated heterocycles. The standard InChI is InChI=1S/C21H32N4O2.HI/c1-22-20(23-14-16-15-25(2)11-12-26-16)24-18-13-21(9-5-6-10-21)27-19-8-4-3-7-17(18)19;/h3-4,7-8,16,18H,5-6,9-15H2,1-2H3,(H2,22,23,24);1H. The van der Waals surface area contributed by atoms with E-state index in [0.717, 1.165) is 57.2 Å². The van der Waals surface area contributed by atoms with E-state index in [-0.39, 0.29) is 41.7 Å². The van der Waals surface area contributed by atoms with Crippen LogP contribution >= 0.6 is 24.0 Å². The number of guanidine groups is 1. The van der Waals surface area contributed by atoms with Crippen LogP contribution in [-0.4, -0.2) is 62.9 Å². The number of hydrogen-bond donors (Lipinski definition) is 2. The largest absolute Gasteiger partial charge is 0.487 e. The number of morpholine rings is 1. The fourth-order valence-electron chi connectivity index (χ4n) is 4.63. The Morgan fingerprint density at radius 2 is 2.07 bits per heavy atom. The van der Waals surface area contributed by atoms with Crippen molar-refractivity contribution in [2.75, 3.05) is 40.3 Å². The summed E-state index contributed by atoms with van der Waals surface area (Å²) in [5.41, 5.74) is 1.21. The minimum Gasteiger partial charge on any atom is -0.487 e. The molecular formula is C21H33IN4O2. The molecule has 2 N–H and O–H groups in total. The van der Waals surface area contributed by atoms with Gasteiger partial charge in [0.2, 0.25) is 0 Å². The molecule has 1 saturated carbocycles. The molecule has 2 fully saturated rings. The lowest BCUT2D eigenvalue weighted by Crippen LogP contribution is -2.50. The van der Waals surface area contributed by atoms with Gasteiger partial charge in [0.25, 0.3) is 0 Å². The van der Waals surface area contributed by atoms with Crippen molar-refractivity contribution in [2.45, 2.75) is 49.9 Å². The number of para-hydroxylation sites is 1. The van der Waals surface area contributed by atoms with Gasteiger partial charge in [0.15, 0.2) is 5.96 Å². The number of nitrogens with zero attached hydrogens (tertiary/aromatic N) is 2. The van der Waals surface area contributed by atoms with E-state index in [1.54, 1.807) is 0 Å². The van der Waals surface area contributed by atoms with Crippen molar-refractivity contribution in [3.05, 3.63) is 29.8 Å². The molecule has 0 bridgehead atoms. The van der Waals surface area contributed by atoms with Crippen molar-refractivity contribution in [1.29, 1.82) is 0 Å². The van der Waals surface area contributed by atoms with Crippen LogP contribution in [-0.2, 0) is 4.74 Å². The molecule has 2 heterocycles. The number of likely N-dealkylation sites (N-methyl/N-ethyl adjacent to an activating group) is 1. The molecule has 28 heavy (non-hydrogen) atoms. The van der Waals surface area contributed by atoms with E-state index < -0.39 is 0 Å². The number of benzene rings is 1. The van der Waals surface area contributed by atoms with Crippen LogP contribution < -0.4 is 15.4 Å². The zero-order valence-electron chi connectivity index (χ0n) is 16.9. The van der Waals surface area contributed by atoms with Gasteiger partial charge in [-0.05, 0) is 38.8 Å². The Labute approximate surface area is 185 Å². The number of hydrogen-bond acceptors (Lipinski definition) is 4. The van der Waals surface area contributed by atoms with Crippen LogP contribution in [0.2, 0.25) is 0 Å². The maximum atomic E-state index is 6.47. The van der Waals surface area contributed by atoms with Crippen LogP contribution in [0.25, 0.3) is 0 Å². The maximum Gasteiger partial charge on any atom is 0.191 e. The summed E-state index contributed by atoms with van der Waals surface area (Å²) in [5, 5.41) is 7.12. The molecule has 0 amide bonds. The number of ether oxygens (including phenoxy) is 2. The highest BCUT2D eigenvalue weighted by Crippen LogP contribution is 2.46. The second-order valence-electron chi connectivity index (χ2n) is 8.14. The first kappa shape index (κ1) is 21.6. The maximum absolute atomic E-state index is 6.47. The topological polar surface area (TPSA) is 58.1 Å². The van der Waals surface area contributed by atoms with Crippen LogP contribution in [0.4, 0.5) is 0 Å². The van der Waals surface area contributed by atoms with Crippen LogP contribution in [0.5, 0.6) is 5.75 Å². The molecule has 1 aliphatic carbocycles. The van der Waals surface area contributed by atoms with Crippen molar-refractivity contribution in [1.82, 2.24) is 15.5 Å². The molecule has 156 valence electrons. The van der Waals surface area contributed by atoms with Gasteiger partial charge in [-0.3, -0.25) is 4.99 Å². The highest BCUT2D eigenvalue weighted by Gasteiger charge is 2.43. The summed E-state index contributed by atoms with van der Waals surface area (Å²) in [6.07, 6.45) is 6.00. The number of nitrogens with one attached hydrogen (secondary N) is 2. The zero-order valence-corrected chi connectivity index (χ0v) is 19.3. The first-order valence-corrected chi connectivity index (χ1v) is 10.2. The second-order valence-corrected chi connectivity index (χ2v) is 8.14. The predicted molar refractivity (Wildman–Crippen MR) is 123 cm³/mol. The lowest BCUT2D eigenvalue weighted by atomic mass is 9.86. The SMILES string of the molecule is CN=C(NCC1CN(C)CCO1)NC1CC2(CCCC2)Oc2ccccc21.I. The molecule has 1 aromatic rings. The molecule has 1 spiro atoms. The Morgan fingerprint density at radius 3 is 2.82 bits per heavy atom. The van der Waals surface area contributed by atoms with E-state index in [1.165, 1.54) is 18.4 Å². The Kier molecular flexibility index (Phi) is 7.44. The molecule has 3 aliphatic rings. The molecule has 0 radical (unpaired) electrons. The quantitative estimate of drug-likeness (QED) is 0.380. The fourth-order valence-corrected chi connectivity index (χ4v) is 4.63. The van der Waals surface area contributed by atoms with Gasteiger partial charge in [-0.1, -0.05) is 18.2 Å². The van der Waals surface area contributed by atoms with Crippen LogP contribution in [0.1, 0.15) is 43.7 Å². The van der Waals surface area contributed by atoms with E-state index in [2.05, 4.69) is 51.8 Å². The Morgan fingerprint density at radius 1 is 1.29 bits per heavy atom. The van der Waals surface area contributed by atoms with E-state index in [0.29, 0.717) is 0 Å². The number of rotatable bonds is 3. The van der Waals surface area contributed by atoms with Crippen molar-refractivity contribution in [2.24, 2.45) is 4.99 Å². The molecule has 1 aromatic carbocycles. The predicted octanol–water partition coefficient (Wildman–Crippen LogP) is 2.94. The number of fused-ring (bicyclic) bond motifs is 1. The number of aliphatic imine (C=N–C) groups is 1. The first-order chi connectivity index (χ1) is 13.2. The van der Waals surface area contributed by atoms with E-state index in [9.17, 15) is 0 Å². The highest BCUT2D eigenvalue weighted by atomic mass is 127. The third-order valence-electron chi connectivity index (χ3n) is 6.09. The normalized spacial score (nSPS) is 26.9. The summed E-state index contributed by atoms with van der Waals surface area (Å²) >= 11 is 0. The summed E-state index contributed by atoms with van der Waals surface area (Å²) < 4.78 is 12.3. The second kappa shape index (κ2) is 9.63. The van der Waals surface area contributed by atoms with Gasteiger partial charge in [-0.25, -0.2) is 0 Å². The highest BCUT2D eigenvalue weighted by molar-refractivity contribution is 14.0. The monoisotopic (exact) mass is 500 g/mol. The summed E-state index contributed by atoms with van der Waals surface area (Å²) in [5.74, 6) is 1.86. The minimum atomic E-state index is -0.0138. The number of halogens is 1. The van der Waals surface area contributed by atoms with Gasteiger partial charge in [-0.15, -0.1) is 24.0 Å². The summed E-state index contributed by atoms with van der Waals surface area (Å²) in [6.45, 7) is 3.52. The van der Waals surface area contributed by atoms with Gasteiger partial charge in [-0.2, -0.15) is 0 Å². The lowest BCUT2D eigenvalue weighted by molar-refractivity contribution is -0.0162. The molecular weight excluding hydrogens is 467 g/mol. The Hall–Kier alpha value is -1.06. The summed E-state index contributed by atoms with van der Waals surface area (Å²) in [6, 6.07) is 8.64. The molecule has 2 atom stereocenters. The van der Waals surface area contributed by atoms with Gasteiger partial charge < -0.3 is 25.0 Å². The minimum absolute atomic E-state index is 0. The molecule has 6 nitrogen and oxygen atoms in total. The average Bonchev–Trinajstić information content (AvgIpc) is 3.12. The molecule has 0 aromatic heterocycles. The third kappa shape index (κ3) is 4.91. The molecule has 7 heteroatoms. The first-order valence-electron chi connectivity index (χ1n) is 10.2. The van der Waals surface area contributed by atoms with Crippen molar-refractivity contribution >= 4 is 29.9 Å². The third-order valence-corrected chi connectivity index (χ3v) is 6.09. The van der Waals surface area contributed by atoms with E-state index in [4.69, 9.17) is 9.47 Å². The Balaban J connectivity index is 0.00000225. The summed E-state index contributed by atoms with van der Waals surface area (Å²) in [7, 11) is 3.97. The van der Waals surface area contributed by atoms with Crippen molar-refractivity contribution < 1.29 is 9.47 Å². The van der Waals surface area contributed by atoms with Gasteiger partial charge in [0.1, 0.15) is 11.4 Å². The molecule has 2 aliphatic heterocycles. The average molecular weight is 500 g/mol. The van der Waals surface area contributed by atoms with Gasteiger partial charge >= 0.3 is 0 Å². The Bertz CT molecular complexity index is 678. The smallest absolute Gasteiger partial charge is 0.191 e. The van der Waals surface area contributed by atoms with E-state index in [1.807, 2.05) is 7.05 Å². The van der Waals surface area contributed by atoms with Gasteiger partial charge in [0.05, 0.1) is 18.8 Å². The zero-order chi connectivity index (χ0) is 18.7. The molecule has 2 unspecified atom stereocenters. The van der Waals surface area contributed by atoms with Gasteiger partial charge in [0, 0.05) is 38.7 Å². The molecule has 4 rings (SSSR count). The lowest BCUT2D eigenvalue weighted by Gasteiger charge is -2.40. The van der Waals surface area contributed by atoms with E-state index >= 15 is 0 Å². The van der Waals surface area contributed by atoms with Crippen LogP contribution in [0.3, 0.4) is 0 Å².